The summed E-state index contributed by atoms with van der Waals surface area (Å²) in [6.07, 6.45) is 3.53. The van der Waals surface area contributed by atoms with Crippen molar-refractivity contribution in [1.82, 2.24) is 10.2 Å². The van der Waals surface area contributed by atoms with Gasteiger partial charge in [0.25, 0.3) is 5.91 Å². The van der Waals surface area contributed by atoms with Crippen molar-refractivity contribution in [1.29, 1.82) is 0 Å². The van der Waals surface area contributed by atoms with Crippen LogP contribution in [0.3, 0.4) is 0 Å². The minimum absolute atomic E-state index is 0.0567. The van der Waals surface area contributed by atoms with E-state index in [1.165, 1.54) is 12.1 Å². The van der Waals surface area contributed by atoms with E-state index in [9.17, 15) is 14.0 Å². The molecule has 1 N–H and O–H groups in total. The highest BCUT2D eigenvalue weighted by Gasteiger charge is 2.46. The first-order valence-electron chi connectivity index (χ1n) is 11.1. The van der Waals surface area contributed by atoms with Crippen molar-refractivity contribution in [2.24, 2.45) is 0 Å². The number of amides is 2. The summed E-state index contributed by atoms with van der Waals surface area (Å²) in [5, 5.41) is 3.09. The number of hydrogen-bond donors (Lipinski definition) is 1. The van der Waals surface area contributed by atoms with Gasteiger partial charge in [0.05, 0.1) is 13.2 Å². The fourth-order valence-electron chi connectivity index (χ4n) is 4.13. The molecule has 0 bridgehead atoms. The first-order valence-corrected chi connectivity index (χ1v) is 11.1. The van der Waals surface area contributed by atoms with E-state index >= 15 is 0 Å². The summed E-state index contributed by atoms with van der Waals surface area (Å²) >= 11 is 0. The molecule has 0 aromatic heterocycles. The van der Waals surface area contributed by atoms with Gasteiger partial charge in [-0.1, -0.05) is 43.3 Å². The van der Waals surface area contributed by atoms with Gasteiger partial charge in [-0.3, -0.25) is 9.59 Å². The Balaban J connectivity index is 1.66. The van der Waals surface area contributed by atoms with Crippen LogP contribution in [0.25, 0.3) is 11.1 Å². The number of halogens is 1. The molecular formula is C25H29FN2O3. The lowest BCUT2D eigenvalue weighted by Gasteiger charge is -2.42. The number of carbonyl (C=O) groups is 2. The molecule has 1 aliphatic heterocycles. The first-order chi connectivity index (χ1) is 15.0. The Morgan fingerprint density at radius 1 is 1.16 bits per heavy atom. The maximum absolute atomic E-state index is 13.4. The Kier molecular flexibility index (Phi) is 6.37. The van der Waals surface area contributed by atoms with Crippen LogP contribution in [0, 0.1) is 5.82 Å². The molecule has 0 radical (unpaired) electrons. The van der Waals surface area contributed by atoms with Crippen LogP contribution in [0.5, 0.6) is 0 Å². The van der Waals surface area contributed by atoms with Crippen LogP contribution in [0.15, 0.2) is 48.5 Å². The van der Waals surface area contributed by atoms with Crippen LogP contribution in [-0.4, -0.2) is 48.1 Å². The number of nitrogens with one attached hydrogen (secondary N) is 1. The molecule has 1 saturated carbocycles. The van der Waals surface area contributed by atoms with E-state index in [-0.39, 0.29) is 30.2 Å². The molecule has 2 amide bonds. The first kappa shape index (κ1) is 21.5. The van der Waals surface area contributed by atoms with Crippen LogP contribution in [0.4, 0.5) is 4.39 Å². The molecule has 2 aromatic carbocycles. The van der Waals surface area contributed by atoms with Gasteiger partial charge in [-0.2, -0.15) is 0 Å². The largest absolute Gasteiger partial charge is 0.361 e. The number of benzene rings is 2. The molecule has 1 atom stereocenters. The van der Waals surface area contributed by atoms with E-state index in [1.54, 1.807) is 17.0 Å². The minimum Gasteiger partial charge on any atom is -0.361 e. The zero-order valence-electron chi connectivity index (χ0n) is 17.9. The molecule has 164 valence electrons. The molecule has 1 saturated heterocycles. The van der Waals surface area contributed by atoms with Crippen molar-refractivity contribution in [3.05, 3.63) is 59.9 Å². The second-order valence-electron chi connectivity index (χ2n) is 8.50. The van der Waals surface area contributed by atoms with E-state index in [0.717, 1.165) is 36.0 Å². The molecule has 31 heavy (non-hydrogen) atoms. The summed E-state index contributed by atoms with van der Waals surface area (Å²) in [7, 11) is 0. The predicted octanol–water partition coefficient (Wildman–Crippen LogP) is 3.71. The van der Waals surface area contributed by atoms with Gasteiger partial charge in [0.15, 0.2) is 5.60 Å². The maximum Gasteiger partial charge on any atom is 0.254 e. The summed E-state index contributed by atoms with van der Waals surface area (Å²) in [5.74, 6) is -0.388. The standard InChI is InChI=1S/C25H29FN2O3/c1-2-5-23(29)28-14-15-31-25(17-28,24(30)27-21-12-13-21)16-19-6-3-4-7-22(19)18-8-10-20(26)11-9-18/h3-4,6-11,21H,2,5,12-17H2,1H3,(H,27,30). The second kappa shape index (κ2) is 9.18. The average molecular weight is 425 g/mol. The van der Waals surface area contributed by atoms with Gasteiger partial charge in [-0.05, 0) is 48.1 Å². The van der Waals surface area contributed by atoms with Gasteiger partial charge in [-0.25, -0.2) is 4.39 Å². The number of carbonyl (C=O) groups excluding carboxylic acids is 2. The van der Waals surface area contributed by atoms with Crippen molar-refractivity contribution in [2.45, 2.75) is 50.7 Å². The van der Waals surface area contributed by atoms with Gasteiger partial charge < -0.3 is 15.0 Å². The van der Waals surface area contributed by atoms with Gasteiger partial charge in [0.2, 0.25) is 5.91 Å². The molecule has 1 unspecified atom stereocenters. The van der Waals surface area contributed by atoms with E-state index in [4.69, 9.17) is 4.74 Å². The fraction of sp³-hybridized carbons (Fsp3) is 0.440. The van der Waals surface area contributed by atoms with Crippen molar-refractivity contribution in [3.63, 3.8) is 0 Å². The molecule has 2 fully saturated rings. The number of rotatable bonds is 7. The zero-order chi connectivity index (χ0) is 21.8. The Bertz CT molecular complexity index is 942. The van der Waals surface area contributed by atoms with E-state index < -0.39 is 5.60 Å². The number of ether oxygens (including phenoxy) is 1. The quantitative estimate of drug-likeness (QED) is 0.737. The lowest BCUT2D eigenvalue weighted by molar-refractivity contribution is -0.166. The summed E-state index contributed by atoms with van der Waals surface area (Å²) in [6, 6.07) is 14.3. The lowest BCUT2D eigenvalue weighted by atomic mass is 9.87. The Hall–Kier alpha value is -2.73. The van der Waals surface area contributed by atoms with Crippen LogP contribution >= 0.6 is 0 Å². The van der Waals surface area contributed by atoms with Crippen LogP contribution in [-0.2, 0) is 20.7 Å². The van der Waals surface area contributed by atoms with Crippen LogP contribution < -0.4 is 5.32 Å². The minimum atomic E-state index is -1.14. The molecule has 2 aliphatic rings. The van der Waals surface area contributed by atoms with E-state index in [2.05, 4.69) is 5.32 Å². The molecule has 5 nitrogen and oxygen atoms in total. The second-order valence-corrected chi connectivity index (χ2v) is 8.50. The molecule has 4 rings (SSSR count). The molecule has 0 spiro atoms. The Morgan fingerprint density at radius 3 is 2.61 bits per heavy atom. The molecule has 1 heterocycles. The normalized spacial score (nSPS) is 21.0. The topological polar surface area (TPSA) is 58.6 Å². The fourth-order valence-corrected chi connectivity index (χ4v) is 4.13. The lowest BCUT2D eigenvalue weighted by Crippen LogP contribution is -2.62. The molecule has 2 aromatic rings. The number of hydrogen-bond acceptors (Lipinski definition) is 3. The van der Waals surface area contributed by atoms with Crippen LogP contribution in [0.1, 0.15) is 38.2 Å². The Labute approximate surface area is 182 Å². The summed E-state index contributed by atoms with van der Waals surface area (Å²) in [6.45, 7) is 3.04. The van der Waals surface area contributed by atoms with Gasteiger partial charge in [-0.15, -0.1) is 0 Å². The SMILES string of the molecule is CCCC(=O)N1CCOC(Cc2ccccc2-c2ccc(F)cc2)(C(=O)NC2CC2)C1. The van der Waals surface area contributed by atoms with Gasteiger partial charge in [0, 0.05) is 25.4 Å². The maximum atomic E-state index is 13.4. The van der Waals surface area contributed by atoms with Crippen LogP contribution in [0.2, 0.25) is 0 Å². The molecule has 6 heteroatoms. The van der Waals surface area contributed by atoms with E-state index in [1.807, 2.05) is 31.2 Å². The van der Waals surface area contributed by atoms with Gasteiger partial charge >= 0.3 is 0 Å². The van der Waals surface area contributed by atoms with Crippen molar-refractivity contribution in [2.75, 3.05) is 19.7 Å². The molecule has 1 aliphatic carbocycles. The third-order valence-electron chi connectivity index (χ3n) is 5.98. The predicted molar refractivity (Wildman–Crippen MR) is 117 cm³/mol. The monoisotopic (exact) mass is 424 g/mol. The number of morpholine rings is 1. The van der Waals surface area contributed by atoms with Crippen molar-refractivity contribution in [3.8, 4) is 11.1 Å². The van der Waals surface area contributed by atoms with Crippen molar-refractivity contribution >= 4 is 11.8 Å². The van der Waals surface area contributed by atoms with Crippen molar-refractivity contribution < 1.29 is 18.7 Å². The highest BCUT2D eigenvalue weighted by Crippen LogP contribution is 2.32. The Morgan fingerprint density at radius 2 is 1.90 bits per heavy atom. The zero-order valence-corrected chi connectivity index (χ0v) is 17.9. The summed E-state index contributed by atoms with van der Waals surface area (Å²) in [4.78, 5) is 27.8. The third-order valence-corrected chi connectivity index (χ3v) is 5.98. The average Bonchev–Trinajstić information content (AvgIpc) is 3.59. The van der Waals surface area contributed by atoms with Gasteiger partial charge in [0.1, 0.15) is 5.82 Å². The van der Waals surface area contributed by atoms with E-state index in [0.29, 0.717) is 26.0 Å². The highest BCUT2D eigenvalue weighted by molar-refractivity contribution is 5.88. The smallest absolute Gasteiger partial charge is 0.254 e. The molecular weight excluding hydrogens is 395 g/mol. The number of nitrogens with zero attached hydrogens (tertiary/aromatic N) is 1. The summed E-state index contributed by atoms with van der Waals surface area (Å²) < 4.78 is 19.6. The third kappa shape index (κ3) is 4.96. The summed E-state index contributed by atoms with van der Waals surface area (Å²) in [5.41, 5.74) is 1.61. The highest BCUT2D eigenvalue weighted by atomic mass is 19.1.